The Morgan fingerprint density at radius 2 is 1.59 bits per heavy atom. The van der Waals surface area contributed by atoms with E-state index >= 15 is 0 Å². The molecule has 0 aliphatic heterocycles. The number of carbonyl (C=O) groups is 2. The third-order valence-electron chi connectivity index (χ3n) is 6.53. The van der Waals surface area contributed by atoms with E-state index < -0.39 is 34.3 Å². The third kappa shape index (κ3) is 8.53. The van der Waals surface area contributed by atoms with E-state index in [9.17, 15) is 22.4 Å². The van der Waals surface area contributed by atoms with Crippen molar-refractivity contribution < 1.29 is 27.1 Å². The van der Waals surface area contributed by atoms with Gasteiger partial charge in [-0.2, -0.15) is 0 Å². The molecule has 0 bridgehead atoms. The summed E-state index contributed by atoms with van der Waals surface area (Å²) in [5.41, 5.74) is 0.914. The Hall–Kier alpha value is -3.92. The summed E-state index contributed by atoms with van der Waals surface area (Å²) in [6, 6.07) is 19.2. The summed E-state index contributed by atoms with van der Waals surface area (Å²) < 4.78 is 47.9. The second-order valence-corrected chi connectivity index (χ2v) is 11.3. The Morgan fingerprint density at radius 1 is 0.927 bits per heavy atom. The van der Waals surface area contributed by atoms with Crippen molar-refractivity contribution in [1.82, 2.24) is 10.2 Å². The van der Waals surface area contributed by atoms with Crippen LogP contribution < -0.4 is 14.4 Å². The first-order chi connectivity index (χ1) is 19.7. The lowest BCUT2D eigenvalue weighted by atomic mass is 10.1. The minimum Gasteiger partial charge on any atom is -0.494 e. The highest BCUT2D eigenvalue weighted by atomic mass is 32.2. The van der Waals surface area contributed by atoms with Gasteiger partial charge in [0.25, 0.3) is 10.0 Å². The number of halogens is 1. The van der Waals surface area contributed by atoms with Crippen LogP contribution in [-0.2, 0) is 26.2 Å². The molecule has 1 atom stereocenters. The molecule has 0 saturated heterocycles. The first-order valence-electron chi connectivity index (χ1n) is 13.8. The zero-order valence-electron chi connectivity index (χ0n) is 23.8. The summed E-state index contributed by atoms with van der Waals surface area (Å²) >= 11 is 0. The fourth-order valence-electron chi connectivity index (χ4n) is 4.34. The van der Waals surface area contributed by atoms with E-state index in [1.807, 2.05) is 13.8 Å². The Bertz CT molecular complexity index is 1370. The number of hydrogen-bond acceptors (Lipinski definition) is 5. The Balaban J connectivity index is 1.99. The van der Waals surface area contributed by atoms with Crippen molar-refractivity contribution >= 4 is 27.5 Å². The maximum absolute atomic E-state index is 14.0. The van der Waals surface area contributed by atoms with Gasteiger partial charge in [0.2, 0.25) is 11.8 Å². The highest BCUT2D eigenvalue weighted by Crippen LogP contribution is 2.26. The van der Waals surface area contributed by atoms with Gasteiger partial charge < -0.3 is 15.0 Å². The van der Waals surface area contributed by atoms with Gasteiger partial charge in [-0.15, -0.1) is 0 Å². The van der Waals surface area contributed by atoms with Gasteiger partial charge in [0, 0.05) is 13.1 Å². The zero-order valence-corrected chi connectivity index (χ0v) is 24.6. The molecule has 41 heavy (non-hydrogen) atoms. The Kier molecular flexibility index (Phi) is 11.7. The Morgan fingerprint density at radius 3 is 2.17 bits per heavy atom. The minimum atomic E-state index is -4.18. The summed E-state index contributed by atoms with van der Waals surface area (Å²) in [6.07, 6.45) is 1.99. The van der Waals surface area contributed by atoms with Crippen molar-refractivity contribution in [3.63, 3.8) is 0 Å². The molecule has 0 aliphatic carbocycles. The number of unbranched alkanes of at least 4 members (excludes halogenated alkanes) is 1. The fraction of sp³-hybridized carbons (Fsp3) is 0.355. The maximum Gasteiger partial charge on any atom is 0.264 e. The van der Waals surface area contributed by atoms with Gasteiger partial charge in [-0.25, -0.2) is 12.8 Å². The van der Waals surface area contributed by atoms with Crippen molar-refractivity contribution in [3.8, 4) is 5.75 Å². The molecule has 0 radical (unpaired) electrons. The summed E-state index contributed by atoms with van der Waals surface area (Å²) in [7, 11) is -4.18. The number of rotatable bonds is 15. The largest absolute Gasteiger partial charge is 0.494 e. The number of nitrogens with one attached hydrogen (secondary N) is 1. The van der Waals surface area contributed by atoms with Crippen LogP contribution in [-0.4, -0.2) is 50.9 Å². The van der Waals surface area contributed by atoms with Crippen LogP contribution in [0, 0.1) is 5.82 Å². The fourth-order valence-corrected chi connectivity index (χ4v) is 5.75. The number of para-hydroxylation sites is 1. The molecular formula is C31H38FN3O5S. The van der Waals surface area contributed by atoms with Gasteiger partial charge in [-0.3, -0.25) is 13.9 Å². The van der Waals surface area contributed by atoms with Crippen molar-refractivity contribution in [2.75, 3.05) is 24.0 Å². The average molecular weight is 584 g/mol. The van der Waals surface area contributed by atoms with Crippen LogP contribution in [0.5, 0.6) is 5.75 Å². The second kappa shape index (κ2) is 15.2. The molecule has 0 aliphatic rings. The molecule has 1 unspecified atom stereocenters. The van der Waals surface area contributed by atoms with E-state index in [2.05, 4.69) is 5.32 Å². The number of amides is 2. The summed E-state index contributed by atoms with van der Waals surface area (Å²) in [5, 5.41) is 2.88. The molecule has 0 aromatic heterocycles. The van der Waals surface area contributed by atoms with Gasteiger partial charge in [0.15, 0.2) is 0 Å². The summed E-state index contributed by atoms with van der Waals surface area (Å²) in [5.74, 6) is -0.783. The number of anilines is 1. The van der Waals surface area contributed by atoms with E-state index in [0.29, 0.717) is 36.6 Å². The van der Waals surface area contributed by atoms with Crippen LogP contribution in [0.3, 0.4) is 0 Å². The lowest BCUT2D eigenvalue weighted by Gasteiger charge is -2.33. The number of benzene rings is 3. The monoisotopic (exact) mass is 583 g/mol. The molecule has 0 heterocycles. The molecule has 3 aromatic rings. The Labute approximate surface area is 242 Å². The van der Waals surface area contributed by atoms with E-state index in [4.69, 9.17) is 4.74 Å². The standard InChI is InChI=1S/C31H38FN3O5S/c1-4-7-21-33-31(37)29(5-2)34(22-24-13-15-25(32)16-14-24)30(36)23-35(26-11-9-8-10-12-26)41(38,39)28-19-17-27(18-20-28)40-6-3/h8-20,29H,4-7,21-23H2,1-3H3,(H,33,37). The molecule has 2 amide bonds. The smallest absolute Gasteiger partial charge is 0.264 e. The van der Waals surface area contributed by atoms with Crippen LogP contribution in [0.25, 0.3) is 0 Å². The first kappa shape index (κ1) is 31.6. The van der Waals surface area contributed by atoms with Crippen LogP contribution in [0.15, 0.2) is 83.8 Å². The third-order valence-corrected chi connectivity index (χ3v) is 8.32. The number of nitrogens with zero attached hydrogens (tertiary/aromatic N) is 2. The zero-order chi connectivity index (χ0) is 29.8. The van der Waals surface area contributed by atoms with E-state index in [-0.39, 0.29) is 17.3 Å². The summed E-state index contributed by atoms with van der Waals surface area (Å²) in [6.45, 7) is 6.00. The topological polar surface area (TPSA) is 96.0 Å². The minimum absolute atomic E-state index is 0.00451. The van der Waals surface area contributed by atoms with Gasteiger partial charge in [0.05, 0.1) is 17.2 Å². The molecule has 10 heteroatoms. The average Bonchev–Trinajstić information content (AvgIpc) is 2.97. The van der Waals surface area contributed by atoms with Crippen molar-refractivity contribution in [3.05, 3.63) is 90.2 Å². The molecule has 8 nitrogen and oxygen atoms in total. The van der Waals surface area contributed by atoms with Crippen LogP contribution in [0.4, 0.5) is 10.1 Å². The normalized spacial score (nSPS) is 11.9. The van der Waals surface area contributed by atoms with Gasteiger partial charge >= 0.3 is 0 Å². The second-order valence-electron chi connectivity index (χ2n) is 9.47. The predicted octanol–water partition coefficient (Wildman–Crippen LogP) is 5.14. The molecule has 220 valence electrons. The molecule has 0 saturated carbocycles. The number of ether oxygens (including phenoxy) is 1. The maximum atomic E-state index is 14.0. The van der Waals surface area contributed by atoms with Crippen molar-refractivity contribution in [1.29, 1.82) is 0 Å². The van der Waals surface area contributed by atoms with Gasteiger partial charge in [-0.05, 0) is 73.9 Å². The summed E-state index contributed by atoms with van der Waals surface area (Å²) in [4.78, 5) is 28.6. The molecular weight excluding hydrogens is 545 g/mol. The van der Waals surface area contributed by atoms with E-state index in [1.165, 1.54) is 29.2 Å². The van der Waals surface area contributed by atoms with Crippen molar-refractivity contribution in [2.24, 2.45) is 0 Å². The molecule has 0 spiro atoms. The van der Waals surface area contributed by atoms with E-state index in [0.717, 1.165) is 17.1 Å². The lowest BCUT2D eigenvalue weighted by Crippen LogP contribution is -2.52. The lowest BCUT2D eigenvalue weighted by molar-refractivity contribution is -0.140. The highest BCUT2D eigenvalue weighted by molar-refractivity contribution is 7.92. The van der Waals surface area contributed by atoms with Crippen LogP contribution in [0.2, 0.25) is 0 Å². The number of hydrogen-bond donors (Lipinski definition) is 1. The number of sulfonamides is 1. The quantitative estimate of drug-likeness (QED) is 0.250. The molecule has 1 N–H and O–H groups in total. The number of carbonyl (C=O) groups excluding carboxylic acids is 2. The predicted molar refractivity (Wildman–Crippen MR) is 158 cm³/mol. The molecule has 0 fully saturated rings. The van der Waals surface area contributed by atoms with Gasteiger partial charge in [0.1, 0.15) is 24.2 Å². The van der Waals surface area contributed by atoms with Crippen LogP contribution in [0.1, 0.15) is 45.6 Å². The molecule has 3 rings (SSSR count). The SMILES string of the molecule is CCCCNC(=O)C(CC)N(Cc1ccc(F)cc1)C(=O)CN(c1ccccc1)S(=O)(=O)c1ccc(OCC)cc1. The van der Waals surface area contributed by atoms with Gasteiger partial charge in [-0.1, -0.05) is 50.6 Å². The molecule has 3 aromatic carbocycles. The van der Waals surface area contributed by atoms with Crippen LogP contribution >= 0.6 is 0 Å². The first-order valence-corrected chi connectivity index (χ1v) is 15.3. The van der Waals surface area contributed by atoms with E-state index in [1.54, 1.807) is 61.5 Å². The highest BCUT2D eigenvalue weighted by Gasteiger charge is 2.33. The van der Waals surface area contributed by atoms with Crippen molar-refractivity contribution in [2.45, 2.75) is 57.5 Å².